The number of fused-ring (bicyclic) bond motifs is 1. The molecule has 0 aliphatic carbocycles. The Kier molecular flexibility index (Phi) is 5.54. The van der Waals surface area contributed by atoms with Crippen molar-refractivity contribution in [2.24, 2.45) is 0 Å². The van der Waals surface area contributed by atoms with Gasteiger partial charge in [-0.2, -0.15) is 5.26 Å². The zero-order chi connectivity index (χ0) is 20.2. The van der Waals surface area contributed by atoms with Crippen LogP contribution in [-0.2, 0) is 9.53 Å². The van der Waals surface area contributed by atoms with E-state index in [1.54, 1.807) is 36.3 Å². The van der Waals surface area contributed by atoms with Crippen LogP contribution in [0.1, 0.15) is 23.6 Å². The molecule has 150 valence electrons. The number of para-hydroxylation sites is 1. The Morgan fingerprint density at radius 2 is 1.97 bits per heavy atom. The molecular formula is C22H22N2O5. The zero-order valence-corrected chi connectivity index (χ0v) is 16.2. The fourth-order valence-electron chi connectivity index (χ4n) is 3.68. The number of hydrogen-bond donors (Lipinski definition) is 0. The third-order valence-electron chi connectivity index (χ3n) is 5.06. The minimum absolute atomic E-state index is 0.0789. The van der Waals surface area contributed by atoms with Gasteiger partial charge in [-0.1, -0.05) is 12.1 Å². The number of ether oxygens (including phenoxy) is 4. The molecule has 2 aromatic carbocycles. The molecule has 7 nitrogen and oxygen atoms in total. The van der Waals surface area contributed by atoms with E-state index in [2.05, 4.69) is 6.07 Å². The largest absolute Gasteiger partial charge is 0.486 e. The van der Waals surface area contributed by atoms with Crippen LogP contribution < -0.4 is 14.2 Å². The van der Waals surface area contributed by atoms with Crippen LogP contribution in [-0.4, -0.2) is 50.4 Å². The first kappa shape index (κ1) is 19.1. The number of amides is 1. The lowest BCUT2D eigenvalue weighted by atomic mass is 9.89. The Morgan fingerprint density at radius 1 is 1.17 bits per heavy atom. The van der Waals surface area contributed by atoms with Crippen LogP contribution in [0, 0.1) is 11.3 Å². The number of benzene rings is 2. The molecule has 0 aromatic heterocycles. The van der Waals surface area contributed by atoms with Gasteiger partial charge in [-0.05, 0) is 36.8 Å². The number of carbonyl (C=O) groups is 1. The summed E-state index contributed by atoms with van der Waals surface area (Å²) in [7, 11) is 1.64. The molecule has 2 aliphatic heterocycles. The molecule has 2 aromatic rings. The Morgan fingerprint density at radius 3 is 2.72 bits per heavy atom. The third kappa shape index (κ3) is 3.71. The second kappa shape index (κ2) is 8.41. The molecule has 0 saturated carbocycles. The van der Waals surface area contributed by atoms with E-state index in [1.165, 1.54) is 0 Å². The maximum atomic E-state index is 12.9. The Hall–Kier alpha value is -3.24. The van der Waals surface area contributed by atoms with Gasteiger partial charge in [0.1, 0.15) is 25.0 Å². The smallest absolute Gasteiger partial charge is 0.266 e. The van der Waals surface area contributed by atoms with Gasteiger partial charge >= 0.3 is 0 Å². The summed E-state index contributed by atoms with van der Waals surface area (Å²) in [5.41, 5.74) is 1.41. The van der Waals surface area contributed by atoms with Crippen LogP contribution in [0.2, 0.25) is 0 Å². The fourth-order valence-corrected chi connectivity index (χ4v) is 3.68. The van der Waals surface area contributed by atoms with Gasteiger partial charge < -0.3 is 23.8 Å². The summed E-state index contributed by atoms with van der Waals surface area (Å²) in [5.74, 6) is 1.82. The van der Waals surface area contributed by atoms with Gasteiger partial charge in [0.25, 0.3) is 5.91 Å². The average Bonchev–Trinajstić information content (AvgIpc) is 2.77. The van der Waals surface area contributed by atoms with Crippen LogP contribution in [0.4, 0.5) is 0 Å². The van der Waals surface area contributed by atoms with Crippen molar-refractivity contribution < 1.29 is 23.7 Å². The minimum atomic E-state index is -0.664. The molecule has 29 heavy (non-hydrogen) atoms. The second-order valence-corrected chi connectivity index (χ2v) is 6.87. The molecule has 7 heteroatoms. The second-order valence-electron chi connectivity index (χ2n) is 6.87. The van der Waals surface area contributed by atoms with Crippen molar-refractivity contribution in [3.8, 4) is 23.3 Å². The van der Waals surface area contributed by atoms with Gasteiger partial charge in [0.15, 0.2) is 11.5 Å². The topological polar surface area (TPSA) is 81.0 Å². The van der Waals surface area contributed by atoms with Gasteiger partial charge in [-0.3, -0.25) is 4.79 Å². The summed E-state index contributed by atoms with van der Waals surface area (Å²) in [6.45, 7) is 2.11. The molecule has 0 bridgehead atoms. The maximum Gasteiger partial charge on any atom is 0.266 e. The monoisotopic (exact) mass is 394 g/mol. The lowest BCUT2D eigenvalue weighted by Crippen LogP contribution is -2.61. The lowest BCUT2D eigenvalue weighted by molar-refractivity contribution is -0.164. The summed E-state index contributed by atoms with van der Waals surface area (Å²) in [6, 6.07) is 14.3. The van der Waals surface area contributed by atoms with Crippen LogP contribution in [0.5, 0.6) is 17.2 Å². The van der Waals surface area contributed by atoms with Crippen LogP contribution in [0.3, 0.4) is 0 Å². The SMILES string of the molecule is COCCCN1C(=O)[C@H](Oc2ccc(C#N)cc2)[C@@H]1c1cccc2c1OCCO2. The summed E-state index contributed by atoms with van der Waals surface area (Å²) >= 11 is 0. The van der Waals surface area contributed by atoms with E-state index in [0.717, 1.165) is 12.0 Å². The van der Waals surface area contributed by atoms with Gasteiger partial charge in [0.05, 0.1) is 11.6 Å². The molecule has 2 heterocycles. The number of hydrogen-bond acceptors (Lipinski definition) is 6. The number of methoxy groups -OCH3 is 1. The summed E-state index contributed by atoms with van der Waals surface area (Å²) < 4.78 is 22.7. The number of β-lactam (4-membered cyclic amide) rings is 1. The van der Waals surface area contributed by atoms with E-state index in [-0.39, 0.29) is 11.9 Å². The molecule has 2 atom stereocenters. The number of nitrogens with zero attached hydrogens (tertiary/aromatic N) is 2. The predicted molar refractivity (Wildman–Crippen MR) is 104 cm³/mol. The van der Waals surface area contributed by atoms with Gasteiger partial charge in [-0.15, -0.1) is 0 Å². The molecule has 1 amide bonds. The Labute approximate surface area is 169 Å². The number of likely N-dealkylation sites (tertiary alicyclic amines) is 1. The quantitative estimate of drug-likeness (QED) is 0.531. The van der Waals surface area contributed by atoms with E-state index in [1.807, 2.05) is 18.2 Å². The zero-order valence-electron chi connectivity index (χ0n) is 16.2. The molecule has 1 fully saturated rings. The van der Waals surface area contributed by atoms with Crippen molar-refractivity contribution >= 4 is 5.91 Å². The van der Waals surface area contributed by atoms with Crippen LogP contribution in [0.25, 0.3) is 0 Å². The van der Waals surface area contributed by atoms with Gasteiger partial charge in [0, 0.05) is 25.8 Å². The molecule has 4 rings (SSSR count). The van der Waals surface area contributed by atoms with Crippen molar-refractivity contribution in [1.82, 2.24) is 4.90 Å². The normalized spacial score (nSPS) is 20.0. The Bertz CT molecular complexity index is 922. The van der Waals surface area contributed by atoms with Crippen LogP contribution in [0.15, 0.2) is 42.5 Å². The summed E-state index contributed by atoms with van der Waals surface area (Å²) in [6.07, 6.45) is 0.0665. The van der Waals surface area contributed by atoms with E-state index in [4.69, 9.17) is 24.2 Å². The predicted octanol–water partition coefficient (Wildman–Crippen LogP) is 2.70. The fraction of sp³-hybridized carbons (Fsp3) is 0.364. The first-order valence-electron chi connectivity index (χ1n) is 9.57. The highest BCUT2D eigenvalue weighted by atomic mass is 16.6. The van der Waals surface area contributed by atoms with Crippen molar-refractivity contribution in [3.63, 3.8) is 0 Å². The molecular weight excluding hydrogens is 372 g/mol. The van der Waals surface area contributed by atoms with E-state index in [9.17, 15) is 4.79 Å². The van der Waals surface area contributed by atoms with Crippen molar-refractivity contribution in [2.75, 3.05) is 33.5 Å². The van der Waals surface area contributed by atoms with E-state index in [0.29, 0.717) is 49.2 Å². The van der Waals surface area contributed by atoms with Crippen molar-refractivity contribution in [2.45, 2.75) is 18.6 Å². The minimum Gasteiger partial charge on any atom is -0.486 e. The average molecular weight is 394 g/mol. The molecule has 0 N–H and O–H groups in total. The lowest BCUT2D eigenvalue weighted by Gasteiger charge is -2.47. The van der Waals surface area contributed by atoms with Crippen LogP contribution >= 0.6 is 0 Å². The van der Waals surface area contributed by atoms with E-state index < -0.39 is 6.10 Å². The highest BCUT2D eigenvalue weighted by molar-refractivity contribution is 5.89. The molecule has 2 aliphatic rings. The third-order valence-corrected chi connectivity index (χ3v) is 5.06. The van der Waals surface area contributed by atoms with Crippen molar-refractivity contribution in [3.05, 3.63) is 53.6 Å². The van der Waals surface area contributed by atoms with Gasteiger partial charge in [-0.25, -0.2) is 0 Å². The molecule has 0 spiro atoms. The van der Waals surface area contributed by atoms with Gasteiger partial charge in [0.2, 0.25) is 6.10 Å². The Balaban J connectivity index is 1.61. The molecule has 1 saturated heterocycles. The first-order valence-corrected chi connectivity index (χ1v) is 9.57. The standard InChI is InChI=1S/C22H22N2O5/c1-26-11-3-10-24-19(17-4-2-5-18-20(17)28-13-12-27-18)21(22(24)25)29-16-8-6-15(14-23)7-9-16/h2,4-9,19,21H,3,10-13H2,1H3/t19-,21+/m0/s1. The van der Waals surface area contributed by atoms with Crippen molar-refractivity contribution in [1.29, 1.82) is 5.26 Å². The summed E-state index contributed by atoms with van der Waals surface area (Å²) in [4.78, 5) is 14.7. The highest BCUT2D eigenvalue weighted by Gasteiger charge is 2.51. The first-order chi connectivity index (χ1) is 14.2. The number of carbonyl (C=O) groups excluding carboxylic acids is 1. The number of nitriles is 1. The molecule has 0 radical (unpaired) electrons. The number of rotatable bonds is 7. The highest BCUT2D eigenvalue weighted by Crippen LogP contribution is 2.45. The van der Waals surface area contributed by atoms with E-state index >= 15 is 0 Å². The molecule has 0 unspecified atom stereocenters. The maximum absolute atomic E-state index is 12.9. The summed E-state index contributed by atoms with van der Waals surface area (Å²) in [5, 5.41) is 8.96.